The summed E-state index contributed by atoms with van der Waals surface area (Å²) < 4.78 is 0. The molecule has 160 valence electrons. The molecular weight excluding hydrogens is 527 g/mol. The van der Waals surface area contributed by atoms with Gasteiger partial charge in [-0.1, -0.05) is 62.1 Å². The first-order chi connectivity index (χ1) is 13.7. The van der Waals surface area contributed by atoms with E-state index in [-0.39, 0.29) is 36.7 Å². The molecule has 0 radical (unpaired) electrons. The van der Waals surface area contributed by atoms with E-state index in [9.17, 15) is 0 Å². The molecule has 0 heterocycles. The Labute approximate surface area is 204 Å². The van der Waals surface area contributed by atoms with Gasteiger partial charge in [-0.25, -0.2) is 0 Å². The zero-order valence-electron chi connectivity index (χ0n) is 20.6. The van der Waals surface area contributed by atoms with Crippen LogP contribution in [0, 0.1) is 11.3 Å². The standard InChI is InChI=1S/C29H40.Hf/c1-9-18(2)29(17-28(8)22(6)20(4)21(5)23(28)7)19(3)14-26-15-24-12-10-11-13-25(24)16-27(26)29;/h14-16,18H,9-13,17H2,1-8H3;. The van der Waals surface area contributed by atoms with Crippen LogP contribution < -0.4 is 0 Å². The second-order valence-corrected chi connectivity index (χ2v) is 10.5. The van der Waals surface area contributed by atoms with Crippen LogP contribution in [-0.2, 0) is 44.1 Å². The van der Waals surface area contributed by atoms with Crippen molar-refractivity contribution in [2.75, 3.05) is 0 Å². The zero-order chi connectivity index (χ0) is 21.1. The zero-order valence-corrected chi connectivity index (χ0v) is 24.1. The molecule has 0 aromatic heterocycles. The summed E-state index contributed by atoms with van der Waals surface area (Å²) in [4.78, 5) is 0. The van der Waals surface area contributed by atoms with Gasteiger partial charge in [0.25, 0.3) is 0 Å². The molecule has 0 nitrogen and oxygen atoms in total. The molecule has 0 aliphatic heterocycles. The van der Waals surface area contributed by atoms with E-state index < -0.39 is 0 Å². The minimum Gasteiger partial charge on any atom is -0.0651 e. The van der Waals surface area contributed by atoms with Gasteiger partial charge in [-0.05, 0) is 106 Å². The SMILES string of the molecule is CCC(C)C1(CC2(C)C(C)=C(C)C(C)=C2C)C(C)=Cc2cc3c(cc21)CCCC3.[Hf]. The van der Waals surface area contributed by atoms with Crippen molar-refractivity contribution in [3.63, 3.8) is 0 Å². The maximum atomic E-state index is 2.64. The molecule has 0 saturated heterocycles. The summed E-state index contributed by atoms with van der Waals surface area (Å²) in [7, 11) is 0. The second kappa shape index (κ2) is 8.34. The van der Waals surface area contributed by atoms with E-state index in [2.05, 4.69) is 73.6 Å². The molecule has 1 aromatic rings. The predicted molar refractivity (Wildman–Crippen MR) is 127 cm³/mol. The number of allylic oxidation sites excluding steroid dienone is 5. The molecule has 0 saturated carbocycles. The molecular formula is C29H40Hf. The quantitative estimate of drug-likeness (QED) is 0.321. The van der Waals surface area contributed by atoms with E-state index in [0.717, 1.165) is 0 Å². The minimum atomic E-state index is 0. The number of benzene rings is 1. The van der Waals surface area contributed by atoms with Gasteiger partial charge in [-0.3, -0.25) is 0 Å². The number of hydrogen-bond donors (Lipinski definition) is 0. The molecule has 3 aliphatic carbocycles. The van der Waals surface area contributed by atoms with Crippen molar-refractivity contribution in [3.8, 4) is 0 Å². The molecule has 4 rings (SSSR count). The fourth-order valence-corrected chi connectivity index (χ4v) is 6.79. The van der Waals surface area contributed by atoms with Crippen LogP contribution in [0.1, 0.15) is 103 Å². The normalized spacial score (nSPS) is 25.7. The van der Waals surface area contributed by atoms with Gasteiger partial charge in [0, 0.05) is 36.7 Å². The van der Waals surface area contributed by atoms with E-state index >= 15 is 0 Å². The Bertz CT molecular complexity index is 931. The third kappa shape index (κ3) is 3.25. The van der Waals surface area contributed by atoms with Crippen LogP contribution in [0.5, 0.6) is 0 Å². The smallest absolute Gasteiger partial charge is 0.0205 e. The number of rotatable bonds is 4. The maximum Gasteiger partial charge on any atom is 0.0205 e. The number of aryl methyl sites for hydroxylation is 2. The third-order valence-electron chi connectivity index (χ3n) is 9.50. The van der Waals surface area contributed by atoms with Crippen LogP contribution >= 0.6 is 0 Å². The van der Waals surface area contributed by atoms with Crippen LogP contribution in [0.3, 0.4) is 0 Å². The van der Waals surface area contributed by atoms with Gasteiger partial charge < -0.3 is 0 Å². The van der Waals surface area contributed by atoms with Gasteiger partial charge in [0.15, 0.2) is 0 Å². The van der Waals surface area contributed by atoms with Gasteiger partial charge in [0.2, 0.25) is 0 Å². The van der Waals surface area contributed by atoms with Crippen molar-refractivity contribution in [1.82, 2.24) is 0 Å². The van der Waals surface area contributed by atoms with Gasteiger partial charge in [0.05, 0.1) is 0 Å². The molecule has 3 aliphatic rings. The molecule has 0 fully saturated rings. The van der Waals surface area contributed by atoms with Gasteiger partial charge in [0.1, 0.15) is 0 Å². The predicted octanol–water partition coefficient (Wildman–Crippen LogP) is 8.35. The van der Waals surface area contributed by atoms with Crippen molar-refractivity contribution >= 4 is 6.08 Å². The van der Waals surface area contributed by atoms with Crippen molar-refractivity contribution < 1.29 is 25.8 Å². The van der Waals surface area contributed by atoms with Crippen LogP contribution in [0.4, 0.5) is 0 Å². The molecule has 0 amide bonds. The summed E-state index contributed by atoms with van der Waals surface area (Å²) in [6, 6.07) is 5.19. The van der Waals surface area contributed by atoms with E-state index in [4.69, 9.17) is 0 Å². The summed E-state index contributed by atoms with van der Waals surface area (Å²) in [5, 5.41) is 0. The van der Waals surface area contributed by atoms with Crippen LogP contribution in [0.25, 0.3) is 6.08 Å². The average molecular weight is 567 g/mol. The summed E-state index contributed by atoms with van der Waals surface area (Å²) in [5.41, 5.74) is 14.5. The molecule has 1 heteroatoms. The van der Waals surface area contributed by atoms with Crippen molar-refractivity contribution in [1.29, 1.82) is 0 Å². The first-order valence-corrected chi connectivity index (χ1v) is 11.9. The van der Waals surface area contributed by atoms with Crippen LogP contribution in [0.15, 0.2) is 40.0 Å². The first kappa shape index (κ1) is 24.0. The molecule has 0 spiro atoms. The Morgan fingerprint density at radius 1 is 0.900 bits per heavy atom. The molecule has 0 N–H and O–H groups in total. The number of hydrogen-bond acceptors (Lipinski definition) is 0. The maximum absolute atomic E-state index is 2.64. The van der Waals surface area contributed by atoms with Crippen LogP contribution in [0.2, 0.25) is 0 Å². The van der Waals surface area contributed by atoms with E-state index in [1.165, 1.54) is 55.2 Å². The Morgan fingerprint density at radius 3 is 1.97 bits per heavy atom. The molecule has 2 atom stereocenters. The monoisotopic (exact) mass is 568 g/mol. The topological polar surface area (TPSA) is 0 Å². The molecule has 1 aromatic carbocycles. The third-order valence-corrected chi connectivity index (χ3v) is 9.50. The molecule has 30 heavy (non-hydrogen) atoms. The Balaban J connectivity index is 0.00000256. The van der Waals surface area contributed by atoms with Crippen LogP contribution in [-0.4, -0.2) is 0 Å². The minimum absolute atomic E-state index is 0. The van der Waals surface area contributed by atoms with Gasteiger partial charge >= 0.3 is 0 Å². The Kier molecular flexibility index (Phi) is 6.66. The fraction of sp³-hybridized carbons (Fsp3) is 0.586. The summed E-state index contributed by atoms with van der Waals surface area (Å²) in [6.07, 6.45) is 10.2. The summed E-state index contributed by atoms with van der Waals surface area (Å²) in [6.45, 7) is 19.3. The Morgan fingerprint density at radius 2 is 1.43 bits per heavy atom. The van der Waals surface area contributed by atoms with Crippen molar-refractivity contribution in [2.45, 2.75) is 99.3 Å². The van der Waals surface area contributed by atoms with E-state index in [1.807, 2.05) is 0 Å². The second-order valence-electron chi connectivity index (χ2n) is 10.5. The van der Waals surface area contributed by atoms with E-state index in [0.29, 0.717) is 5.92 Å². The molecule has 2 unspecified atom stereocenters. The first-order valence-electron chi connectivity index (χ1n) is 11.9. The van der Waals surface area contributed by atoms with Gasteiger partial charge in [-0.2, -0.15) is 0 Å². The van der Waals surface area contributed by atoms with Crippen molar-refractivity contribution in [3.05, 3.63) is 62.3 Å². The Hall–Kier alpha value is -0.690. The summed E-state index contributed by atoms with van der Waals surface area (Å²) in [5.74, 6) is 0.639. The average Bonchev–Trinajstić information content (AvgIpc) is 3.06. The fourth-order valence-electron chi connectivity index (χ4n) is 6.79. The van der Waals surface area contributed by atoms with Crippen molar-refractivity contribution in [2.24, 2.45) is 11.3 Å². The summed E-state index contributed by atoms with van der Waals surface area (Å²) >= 11 is 0. The van der Waals surface area contributed by atoms with E-state index in [1.54, 1.807) is 33.4 Å². The number of fused-ring (bicyclic) bond motifs is 2. The van der Waals surface area contributed by atoms with Gasteiger partial charge in [-0.15, -0.1) is 0 Å². The largest absolute Gasteiger partial charge is 0.0651 e. The molecule has 0 bridgehead atoms.